The summed E-state index contributed by atoms with van der Waals surface area (Å²) >= 11 is 0. The maximum atomic E-state index is 11.7. The first-order chi connectivity index (χ1) is 13.7. The van der Waals surface area contributed by atoms with Gasteiger partial charge in [0.2, 0.25) is 0 Å². The average Bonchev–Trinajstić information content (AvgIpc) is 3.08. The quantitative estimate of drug-likeness (QED) is 0.454. The lowest BCUT2D eigenvalue weighted by Crippen LogP contribution is -2.36. The second-order valence-corrected chi connectivity index (χ2v) is 7.30. The molecule has 3 heteroatoms. The third-order valence-corrected chi connectivity index (χ3v) is 5.41. The molecule has 3 aromatic rings. The summed E-state index contributed by atoms with van der Waals surface area (Å²) in [5, 5.41) is 0. The zero-order chi connectivity index (χ0) is 19.4. The van der Waals surface area contributed by atoms with Crippen molar-refractivity contribution < 1.29 is 14.3 Å². The highest BCUT2D eigenvalue weighted by Crippen LogP contribution is 2.41. The zero-order valence-corrected chi connectivity index (χ0v) is 16.0. The van der Waals surface area contributed by atoms with Crippen molar-refractivity contribution in [2.75, 3.05) is 6.61 Å². The molecule has 1 fully saturated rings. The molecule has 0 N–H and O–H groups in total. The van der Waals surface area contributed by atoms with Gasteiger partial charge in [0.1, 0.15) is 11.7 Å². The van der Waals surface area contributed by atoms with Gasteiger partial charge in [0.15, 0.2) is 0 Å². The van der Waals surface area contributed by atoms with E-state index in [2.05, 4.69) is 36.4 Å². The van der Waals surface area contributed by atoms with E-state index in [0.717, 1.165) is 16.7 Å². The van der Waals surface area contributed by atoms with Crippen molar-refractivity contribution in [1.82, 2.24) is 0 Å². The number of carbonyl (C=O) groups excluding carboxylic acids is 1. The Kier molecular flexibility index (Phi) is 5.27. The van der Waals surface area contributed by atoms with Crippen LogP contribution in [0.4, 0.5) is 0 Å². The maximum Gasteiger partial charge on any atom is 0.306 e. The van der Waals surface area contributed by atoms with E-state index in [1.165, 1.54) is 0 Å². The summed E-state index contributed by atoms with van der Waals surface area (Å²) in [4.78, 5) is 11.7. The molecule has 2 atom stereocenters. The molecule has 1 aliphatic heterocycles. The third-order valence-electron chi connectivity index (χ3n) is 5.41. The number of ether oxygens (including phenoxy) is 2. The molecule has 4 rings (SSSR count). The summed E-state index contributed by atoms with van der Waals surface area (Å²) in [7, 11) is 0. The van der Waals surface area contributed by atoms with Crippen LogP contribution in [0, 0.1) is 5.92 Å². The van der Waals surface area contributed by atoms with Crippen LogP contribution in [0.3, 0.4) is 0 Å². The highest BCUT2D eigenvalue weighted by molar-refractivity contribution is 5.72. The molecule has 1 aliphatic rings. The topological polar surface area (TPSA) is 35.5 Å². The number of cyclic esters (lactones) is 1. The maximum absolute atomic E-state index is 11.7. The molecule has 0 radical (unpaired) electrons. The Bertz CT molecular complexity index is 810. The number of rotatable bonds is 6. The number of carbonyl (C=O) groups is 1. The molecule has 0 unspecified atom stereocenters. The zero-order valence-electron chi connectivity index (χ0n) is 16.0. The monoisotopic (exact) mass is 372 g/mol. The molecule has 142 valence electrons. The van der Waals surface area contributed by atoms with Crippen LogP contribution in [0.1, 0.15) is 30.0 Å². The van der Waals surface area contributed by atoms with Gasteiger partial charge in [-0.2, -0.15) is 0 Å². The van der Waals surface area contributed by atoms with Crippen molar-refractivity contribution in [1.29, 1.82) is 0 Å². The van der Waals surface area contributed by atoms with Crippen molar-refractivity contribution in [2.24, 2.45) is 5.92 Å². The number of esters is 1. The van der Waals surface area contributed by atoms with E-state index in [9.17, 15) is 4.79 Å². The fourth-order valence-electron chi connectivity index (χ4n) is 3.90. The van der Waals surface area contributed by atoms with E-state index in [0.29, 0.717) is 13.0 Å². The predicted molar refractivity (Wildman–Crippen MR) is 109 cm³/mol. The molecular weight excluding hydrogens is 348 g/mol. The molecule has 0 saturated carbocycles. The van der Waals surface area contributed by atoms with E-state index in [-0.39, 0.29) is 18.0 Å². The van der Waals surface area contributed by atoms with Crippen molar-refractivity contribution in [3.8, 4) is 0 Å². The predicted octanol–water partition coefficient (Wildman–Crippen LogP) is 4.95. The Morgan fingerprint density at radius 2 is 1.25 bits per heavy atom. The van der Waals surface area contributed by atoms with Crippen LogP contribution in [0.5, 0.6) is 0 Å². The van der Waals surface area contributed by atoms with Gasteiger partial charge in [0.05, 0.1) is 13.0 Å². The summed E-state index contributed by atoms with van der Waals surface area (Å²) in [5.74, 6) is -0.00152. The standard InChI is InChI=1S/C25H24O3/c1-19-17-24(26)28-23(19)18-27-25(20-11-5-2-6-12-20,21-13-7-3-8-14-21)22-15-9-4-10-16-22/h2-16,19,23H,17-18H2,1H3/t19-,23+/m0/s1. The molecule has 28 heavy (non-hydrogen) atoms. The van der Waals surface area contributed by atoms with E-state index >= 15 is 0 Å². The van der Waals surface area contributed by atoms with E-state index in [1.807, 2.05) is 61.5 Å². The van der Waals surface area contributed by atoms with Gasteiger partial charge in [-0.1, -0.05) is 97.9 Å². The van der Waals surface area contributed by atoms with Gasteiger partial charge in [-0.15, -0.1) is 0 Å². The summed E-state index contributed by atoms with van der Waals surface area (Å²) < 4.78 is 12.2. The molecule has 1 heterocycles. The van der Waals surface area contributed by atoms with Crippen molar-refractivity contribution in [3.63, 3.8) is 0 Å². The van der Waals surface area contributed by atoms with Crippen LogP contribution < -0.4 is 0 Å². The number of benzene rings is 3. The Labute approximate surface area is 165 Å². The van der Waals surface area contributed by atoms with Gasteiger partial charge >= 0.3 is 5.97 Å². The van der Waals surface area contributed by atoms with Gasteiger partial charge in [-0.05, 0) is 16.7 Å². The lowest BCUT2D eigenvalue weighted by molar-refractivity contribution is -0.145. The molecule has 0 amide bonds. The first kappa shape index (κ1) is 18.5. The van der Waals surface area contributed by atoms with E-state index in [1.54, 1.807) is 0 Å². The lowest BCUT2D eigenvalue weighted by Gasteiger charge is -2.37. The summed E-state index contributed by atoms with van der Waals surface area (Å²) in [6.07, 6.45) is 0.214. The molecule has 1 saturated heterocycles. The average molecular weight is 372 g/mol. The van der Waals surface area contributed by atoms with Gasteiger partial charge in [-0.3, -0.25) is 4.79 Å². The molecule has 0 aromatic heterocycles. The van der Waals surface area contributed by atoms with Crippen molar-refractivity contribution >= 4 is 5.97 Å². The lowest BCUT2D eigenvalue weighted by atomic mass is 9.80. The van der Waals surface area contributed by atoms with Crippen LogP contribution in [0.2, 0.25) is 0 Å². The third kappa shape index (κ3) is 3.46. The normalized spacial score (nSPS) is 19.4. The van der Waals surface area contributed by atoms with Crippen molar-refractivity contribution in [2.45, 2.75) is 25.0 Å². The minimum atomic E-state index is -0.779. The Morgan fingerprint density at radius 3 is 1.61 bits per heavy atom. The van der Waals surface area contributed by atoms with E-state index < -0.39 is 5.60 Å². The minimum Gasteiger partial charge on any atom is -0.460 e. The molecular formula is C25H24O3. The first-order valence-corrected chi connectivity index (χ1v) is 9.70. The molecule has 0 spiro atoms. The molecule has 3 nitrogen and oxygen atoms in total. The van der Waals surface area contributed by atoms with E-state index in [4.69, 9.17) is 9.47 Å². The molecule has 0 aliphatic carbocycles. The van der Waals surface area contributed by atoms with Gasteiger partial charge in [0.25, 0.3) is 0 Å². The SMILES string of the molecule is C[C@H]1CC(=O)O[C@@H]1COC(c1ccccc1)(c1ccccc1)c1ccccc1. The molecule has 3 aromatic carbocycles. The fourth-order valence-corrected chi connectivity index (χ4v) is 3.90. The fraction of sp³-hybridized carbons (Fsp3) is 0.240. The van der Waals surface area contributed by atoms with Crippen LogP contribution in [-0.2, 0) is 19.9 Å². The second-order valence-electron chi connectivity index (χ2n) is 7.30. The summed E-state index contributed by atoms with van der Waals surface area (Å²) in [6, 6.07) is 30.7. The van der Waals surface area contributed by atoms with Gasteiger partial charge in [0, 0.05) is 5.92 Å². The summed E-state index contributed by atoms with van der Waals surface area (Å²) in [5.41, 5.74) is 2.36. The van der Waals surface area contributed by atoms with Crippen LogP contribution in [-0.4, -0.2) is 18.7 Å². The Morgan fingerprint density at radius 1 is 0.821 bits per heavy atom. The highest BCUT2D eigenvalue weighted by Gasteiger charge is 2.40. The smallest absolute Gasteiger partial charge is 0.306 e. The van der Waals surface area contributed by atoms with Gasteiger partial charge in [-0.25, -0.2) is 0 Å². The number of hydrogen-bond acceptors (Lipinski definition) is 3. The second kappa shape index (κ2) is 7.99. The highest BCUT2D eigenvalue weighted by atomic mass is 16.6. The van der Waals surface area contributed by atoms with Gasteiger partial charge < -0.3 is 9.47 Å². The van der Waals surface area contributed by atoms with Crippen LogP contribution in [0.15, 0.2) is 91.0 Å². The minimum absolute atomic E-state index is 0.146. The van der Waals surface area contributed by atoms with Crippen molar-refractivity contribution in [3.05, 3.63) is 108 Å². The molecule has 0 bridgehead atoms. The Hall–Kier alpha value is -2.91. The first-order valence-electron chi connectivity index (χ1n) is 9.70. The Balaban J connectivity index is 1.82. The van der Waals surface area contributed by atoms with Crippen LogP contribution in [0.25, 0.3) is 0 Å². The largest absolute Gasteiger partial charge is 0.460 e. The number of hydrogen-bond donors (Lipinski definition) is 0. The summed E-state index contributed by atoms with van der Waals surface area (Å²) in [6.45, 7) is 2.37. The van der Waals surface area contributed by atoms with Crippen LogP contribution >= 0.6 is 0 Å².